The first-order chi connectivity index (χ1) is 9.12. The van der Waals surface area contributed by atoms with Gasteiger partial charge in [-0.25, -0.2) is 14.4 Å². The molecule has 0 aliphatic heterocycles. The SMILES string of the molecule is CCc1nc(NC)cc(Nc2cc(Cl)ccc2F)n1. The van der Waals surface area contributed by atoms with Gasteiger partial charge in [0.05, 0.1) is 5.69 Å². The van der Waals surface area contributed by atoms with E-state index in [0.29, 0.717) is 28.9 Å². The molecule has 0 radical (unpaired) electrons. The molecule has 0 atom stereocenters. The van der Waals surface area contributed by atoms with Gasteiger partial charge in [-0.1, -0.05) is 18.5 Å². The van der Waals surface area contributed by atoms with E-state index in [9.17, 15) is 4.39 Å². The van der Waals surface area contributed by atoms with E-state index in [1.54, 1.807) is 13.1 Å². The van der Waals surface area contributed by atoms with Gasteiger partial charge in [-0.3, -0.25) is 0 Å². The maximum atomic E-state index is 13.6. The van der Waals surface area contributed by atoms with Crippen LogP contribution in [-0.4, -0.2) is 17.0 Å². The van der Waals surface area contributed by atoms with E-state index in [-0.39, 0.29) is 11.5 Å². The fourth-order valence-corrected chi connectivity index (χ4v) is 1.75. The van der Waals surface area contributed by atoms with E-state index >= 15 is 0 Å². The monoisotopic (exact) mass is 280 g/mol. The standard InChI is InChI=1S/C13H14ClFN4/c1-3-11-18-12(16-2)7-13(19-11)17-10-6-8(14)4-5-9(10)15/h4-7H,3H2,1-2H3,(H2,16,17,18,19). The normalized spacial score (nSPS) is 10.3. The zero-order chi connectivity index (χ0) is 13.8. The molecule has 100 valence electrons. The smallest absolute Gasteiger partial charge is 0.146 e. The number of halogens is 2. The van der Waals surface area contributed by atoms with Crippen LogP contribution in [0.2, 0.25) is 5.02 Å². The van der Waals surface area contributed by atoms with E-state index in [0.717, 1.165) is 0 Å². The minimum absolute atomic E-state index is 0.287. The molecule has 0 bridgehead atoms. The summed E-state index contributed by atoms with van der Waals surface area (Å²) in [6.07, 6.45) is 0.697. The van der Waals surface area contributed by atoms with Crippen molar-refractivity contribution >= 4 is 28.9 Å². The Balaban J connectivity index is 2.34. The van der Waals surface area contributed by atoms with Crippen molar-refractivity contribution in [2.45, 2.75) is 13.3 Å². The Labute approximate surface area is 116 Å². The molecular weight excluding hydrogens is 267 g/mol. The van der Waals surface area contributed by atoms with E-state index < -0.39 is 0 Å². The van der Waals surface area contributed by atoms with Crippen LogP contribution in [-0.2, 0) is 6.42 Å². The summed E-state index contributed by atoms with van der Waals surface area (Å²) >= 11 is 5.85. The third kappa shape index (κ3) is 3.32. The van der Waals surface area contributed by atoms with Gasteiger partial charge in [0.15, 0.2) is 0 Å². The van der Waals surface area contributed by atoms with Crippen LogP contribution in [0.15, 0.2) is 24.3 Å². The van der Waals surface area contributed by atoms with Crippen molar-refractivity contribution in [2.24, 2.45) is 0 Å². The zero-order valence-electron chi connectivity index (χ0n) is 10.7. The largest absolute Gasteiger partial charge is 0.373 e. The lowest BCUT2D eigenvalue weighted by molar-refractivity contribution is 0.632. The topological polar surface area (TPSA) is 49.8 Å². The highest BCUT2D eigenvalue weighted by atomic mass is 35.5. The van der Waals surface area contributed by atoms with E-state index in [4.69, 9.17) is 11.6 Å². The summed E-state index contributed by atoms with van der Waals surface area (Å²) in [6, 6.07) is 6.04. The third-order valence-corrected chi connectivity index (χ3v) is 2.77. The Morgan fingerprint density at radius 2 is 1.95 bits per heavy atom. The summed E-state index contributed by atoms with van der Waals surface area (Å²) in [7, 11) is 1.77. The molecule has 2 aromatic rings. The first-order valence-electron chi connectivity index (χ1n) is 5.90. The summed E-state index contributed by atoms with van der Waals surface area (Å²) in [5.74, 6) is 1.50. The van der Waals surface area contributed by atoms with Gasteiger partial charge in [-0.2, -0.15) is 0 Å². The third-order valence-electron chi connectivity index (χ3n) is 2.54. The van der Waals surface area contributed by atoms with Gasteiger partial charge in [-0.15, -0.1) is 0 Å². The number of nitrogens with zero attached hydrogens (tertiary/aromatic N) is 2. The molecule has 1 aromatic carbocycles. The van der Waals surface area contributed by atoms with Gasteiger partial charge in [0.25, 0.3) is 0 Å². The average molecular weight is 281 g/mol. The van der Waals surface area contributed by atoms with Crippen LogP contribution < -0.4 is 10.6 Å². The Bertz CT molecular complexity index is 567. The molecule has 0 saturated heterocycles. The van der Waals surface area contributed by atoms with Crippen molar-refractivity contribution in [3.8, 4) is 0 Å². The van der Waals surface area contributed by atoms with Gasteiger partial charge >= 0.3 is 0 Å². The highest BCUT2D eigenvalue weighted by Gasteiger charge is 2.07. The van der Waals surface area contributed by atoms with Crippen LogP contribution in [0.4, 0.5) is 21.7 Å². The first kappa shape index (κ1) is 13.5. The molecule has 4 nitrogen and oxygen atoms in total. The number of rotatable bonds is 4. The van der Waals surface area contributed by atoms with Crippen molar-refractivity contribution in [1.82, 2.24) is 9.97 Å². The number of aromatic nitrogens is 2. The summed E-state index contributed by atoms with van der Waals surface area (Å²) < 4.78 is 13.6. The molecule has 6 heteroatoms. The molecule has 1 aromatic heterocycles. The average Bonchev–Trinajstić information content (AvgIpc) is 2.42. The van der Waals surface area contributed by atoms with E-state index in [1.165, 1.54) is 18.2 Å². The van der Waals surface area contributed by atoms with Crippen LogP contribution in [0.3, 0.4) is 0 Å². The van der Waals surface area contributed by atoms with Gasteiger partial charge in [0.2, 0.25) is 0 Å². The number of hydrogen-bond donors (Lipinski definition) is 2. The molecule has 19 heavy (non-hydrogen) atoms. The van der Waals surface area contributed by atoms with Gasteiger partial charge < -0.3 is 10.6 Å². The highest BCUT2D eigenvalue weighted by molar-refractivity contribution is 6.30. The molecule has 2 N–H and O–H groups in total. The number of hydrogen-bond acceptors (Lipinski definition) is 4. The zero-order valence-corrected chi connectivity index (χ0v) is 11.4. The van der Waals surface area contributed by atoms with Crippen LogP contribution in [0, 0.1) is 5.82 Å². The lowest BCUT2D eigenvalue weighted by Crippen LogP contribution is -2.03. The van der Waals surface area contributed by atoms with Gasteiger partial charge in [-0.05, 0) is 18.2 Å². The van der Waals surface area contributed by atoms with Crippen molar-refractivity contribution in [3.63, 3.8) is 0 Å². The second kappa shape index (κ2) is 5.84. The van der Waals surface area contributed by atoms with Crippen LogP contribution in [0.25, 0.3) is 0 Å². The van der Waals surface area contributed by atoms with Crippen molar-refractivity contribution in [1.29, 1.82) is 0 Å². The fraction of sp³-hybridized carbons (Fsp3) is 0.231. The lowest BCUT2D eigenvalue weighted by Gasteiger charge is -2.10. The molecule has 1 heterocycles. The van der Waals surface area contributed by atoms with Crippen LogP contribution in [0.1, 0.15) is 12.7 Å². The van der Waals surface area contributed by atoms with E-state index in [2.05, 4.69) is 20.6 Å². The highest BCUT2D eigenvalue weighted by Crippen LogP contribution is 2.23. The Morgan fingerprint density at radius 1 is 1.21 bits per heavy atom. The van der Waals surface area contributed by atoms with Crippen molar-refractivity contribution < 1.29 is 4.39 Å². The molecule has 0 saturated carbocycles. The number of benzene rings is 1. The molecule has 2 rings (SSSR count). The molecule has 0 aliphatic carbocycles. The molecule has 0 spiro atoms. The molecule has 0 fully saturated rings. The summed E-state index contributed by atoms with van der Waals surface area (Å²) in [4.78, 5) is 8.56. The maximum Gasteiger partial charge on any atom is 0.146 e. The number of aryl methyl sites for hydroxylation is 1. The molecule has 0 aliphatic rings. The van der Waals surface area contributed by atoms with Crippen molar-refractivity contribution in [3.05, 3.63) is 40.9 Å². The predicted octanol–water partition coefficient (Wildman–Crippen LogP) is 3.62. The Hall–Kier alpha value is -1.88. The van der Waals surface area contributed by atoms with Gasteiger partial charge in [0.1, 0.15) is 23.3 Å². The Morgan fingerprint density at radius 3 is 2.63 bits per heavy atom. The minimum atomic E-state index is -0.382. The fourth-order valence-electron chi connectivity index (χ4n) is 1.58. The number of nitrogens with one attached hydrogen (secondary N) is 2. The first-order valence-corrected chi connectivity index (χ1v) is 6.28. The second-order valence-corrected chi connectivity index (χ2v) is 4.34. The quantitative estimate of drug-likeness (QED) is 0.898. The maximum absolute atomic E-state index is 13.6. The van der Waals surface area contributed by atoms with E-state index in [1.807, 2.05) is 6.92 Å². The molecular formula is C13H14ClFN4. The van der Waals surface area contributed by atoms with Crippen molar-refractivity contribution in [2.75, 3.05) is 17.7 Å². The molecule has 0 amide bonds. The van der Waals surface area contributed by atoms with Crippen LogP contribution in [0.5, 0.6) is 0 Å². The van der Waals surface area contributed by atoms with Gasteiger partial charge in [0, 0.05) is 24.6 Å². The summed E-state index contributed by atoms with van der Waals surface area (Å²) in [5.41, 5.74) is 0.287. The second-order valence-electron chi connectivity index (χ2n) is 3.91. The predicted molar refractivity (Wildman–Crippen MR) is 75.6 cm³/mol. The summed E-state index contributed by atoms with van der Waals surface area (Å²) in [5, 5.41) is 6.32. The number of anilines is 3. The van der Waals surface area contributed by atoms with Crippen LogP contribution >= 0.6 is 11.6 Å². The Kier molecular flexibility index (Phi) is 4.16. The summed E-state index contributed by atoms with van der Waals surface area (Å²) in [6.45, 7) is 1.96. The minimum Gasteiger partial charge on any atom is -0.373 e. The lowest BCUT2D eigenvalue weighted by atomic mass is 10.3. The molecule has 0 unspecified atom stereocenters.